The Kier molecular flexibility index (Phi) is 4.24. The zero-order valence-electron chi connectivity index (χ0n) is 19.5. The van der Waals surface area contributed by atoms with Crippen molar-refractivity contribution in [2.75, 3.05) is 0 Å². The average molecular weight is 450 g/mol. The van der Waals surface area contributed by atoms with E-state index in [4.69, 9.17) is 4.42 Å². The molecule has 7 rings (SSSR count). The van der Waals surface area contributed by atoms with Gasteiger partial charge in [0.05, 0.1) is 11.0 Å². The van der Waals surface area contributed by atoms with Gasteiger partial charge >= 0.3 is 0 Å². The smallest absolute Gasteiger partial charge is 0.160 e. The number of para-hydroxylation sites is 1. The van der Waals surface area contributed by atoms with Crippen molar-refractivity contribution in [2.45, 2.75) is 6.92 Å². The number of allylic oxidation sites excluding steroid dienone is 1. The summed E-state index contributed by atoms with van der Waals surface area (Å²) in [4.78, 5) is 0. The first-order chi connectivity index (χ1) is 17.3. The molecular formula is C33H23NO. The summed E-state index contributed by atoms with van der Waals surface area (Å²) in [6.45, 7) is 6.05. The van der Waals surface area contributed by atoms with Crippen LogP contribution in [0.4, 0.5) is 0 Å². The van der Waals surface area contributed by atoms with Gasteiger partial charge in [-0.2, -0.15) is 0 Å². The Morgan fingerprint density at radius 3 is 2.37 bits per heavy atom. The first-order valence-electron chi connectivity index (χ1n) is 11.9. The fourth-order valence-corrected chi connectivity index (χ4v) is 5.44. The lowest BCUT2D eigenvalue weighted by Gasteiger charge is -2.09. The van der Waals surface area contributed by atoms with Gasteiger partial charge in [0, 0.05) is 27.2 Å². The standard InChI is InChI=1S/C33H23NO/c1-3-9-23-19-29-28-17-16-27-26-12-7-8-13-30(26)34(25-15-14-22-10-5-6-11-24(22)18-25)32(27)33(28)35-31(29)20-21(23)4-2/h3-20H,2H2,1H3/b9-3-. The molecule has 0 bridgehead atoms. The Balaban J connectivity index is 1.65. The number of rotatable bonds is 3. The molecule has 0 spiro atoms. The van der Waals surface area contributed by atoms with E-state index in [0.29, 0.717) is 0 Å². The number of benzene rings is 5. The fourth-order valence-electron chi connectivity index (χ4n) is 5.44. The molecule has 2 aromatic heterocycles. The van der Waals surface area contributed by atoms with Crippen molar-refractivity contribution in [1.82, 2.24) is 4.57 Å². The zero-order valence-corrected chi connectivity index (χ0v) is 19.5. The Hall–Kier alpha value is -4.56. The van der Waals surface area contributed by atoms with Gasteiger partial charge in [0.25, 0.3) is 0 Å². The molecule has 35 heavy (non-hydrogen) atoms. The van der Waals surface area contributed by atoms with E-state index in [2.05, 4.69) is 114 Å². The second-order valence-corrected chi connectivity index (χ2v) is 9.01. The number of fused-ring (bicyclic) bond motifs is 8. The molecule has 0 radical (unpaired) electrons. The van der Waals surface area contributed by atoms with Crippen LogP contribution in [0.5, 0.6) is 0 Å². The van der Waals surface area contributed by atoms with E-state index in [1.54, 1.807) is 0 Å². The van der Waals surface area contributed by atoms with Crippen molar-refractivity contribution in [2.24, 2.45) is 0 Å². The topological polar surface area (TPSA) is 18.1 Å². The summed E-state index contributed by atoms with van der Waals surface area (Å²) in [6, 6.07) is 32.5. The monoisotopic (exact) mass is 449 g/mol. The van der Waals surface area contributed by atoms with Crippen LogP contribution in [0, 0.1) is 0 Å². The maximum Gasteiger partial charge on any atom is 0.160 e. The molecule has 0 aliphatic rings. The van der Waals surface area contributed by atoms with Crippen LogP contribution in [0.1, 0.15) is 18.1 Å². The molecule has 0 unspecified atom stereocenters. The normalized spacial score (nSPS) is 12.1. The van der Waals surface area contributed by atoms with E-state index >= 15 is 0 Å². The van der Waals surface area contributed by atoms with Gasteiger partial charge in [-0.1, -0.05) is 79.4 Å². The molecule has 0 aliphatic heterocycles. The molecular weight excluding hydrogens is 426 g/mol. The van der Waals surface area contributed by atoms with Crippen LogP contribution < -0.4 is 0 Å². The molecule has 2 heteroatoms. The van der Waals surface area contributed by atoms with E-state index in [9.17, 15) is 0 Å². The molecule has 0 fully saturated rings. The number of hydrogen-bond donors (Lipinski definition) is 0. The number of hydrogen-bond acceptors (Lipinski definition) is 1. The minimum absolute atomic E-state index is 0.881. The number of aromatic nitrogens is 1. The van der Waals surface area contributed by atoms with Crippen LogP contribution in [0.2, 0.25) is 0 Å². The third-order valence-corrected chi connectivity index (χ3v) is 7.04. The molecule has 0 saturated carbocycles. The van der Waals surface area contributed by atoms with E-state index in [0.717, 1.165) is 44.3 Å². The summed E-state index contributed by atoms with van der Waals surface area (Å²) in [5.74, 6) is 0. The van der Waals surface area contributed by atoms with Crippen molar-refractivity contribution in [3.8, 4) is 5.69 Å². The molecule has 166 valence electrons. The van der Waals surface area contributed by atoms with E-state index < -0.39 is 0 Å². The highest BCUT2D eigenvalue weighted by Crippen LogP contribution is 2.41. The van der Waals surface area contributed by atoms with Gasteiger partial charge in [0.1, 0.15) is 5.58 Å². The average Bonchev–Trinajstić information content (AvgIpc) is 3.43. The summed E-state index contributed by atoms with van der Waals surface area (Å²) in [5, 5.41) is 7.12. The minimum Gasteiger partial charge on any atom is -0.454 e. The van der Waals surface area contributed by atoms with Crippen LogP contribution in [-0.4, -0.2) is 4.57 Å². The maximum absolute atomic E-state index is 6.63. The molecule has 0 amide bonds. The summed E-state index contributed by atoms with van der Waals surface area (Å²) in [7, 11) is 0. The van der Waals surface area contributed by atoms with E-state index in [-0.39, 0.29) is 0 Å². The quantitative estimate of drug-likeness (QED) is 0.263. The molecule has 2 nitrogen and oxygen atoms in total. The third-order valence-electron chi connectivity index (χ3n) is 7.04. The van der Waals surface area contributed by atoms with Gasteiger partial charge < -0.3 is 8.98 Å². The van der Waals surface area contributed by atoms with E-state index in [1.807, 2.05) is 13.0 Å². The first kappa shape index (κ1) is 19.9. The Morgan fingerprint density at radius 1 is 0.714 bits per heavy atom. The predicted octanol–water partition coefficient (Wildman–Crippen LogP) is 9.51. The van der Waals surface area contributed by atoms with Gasteiger partial charge in [0.2, 0.25) is 0 Å². The molecule has 0 saturated heterocycles. The Bertz CT molecular complexity index is 1980. The van der Waals surface area contributed by atoms with Gasteiger partial charge in [0.15, 0.2) is 5.58 Å². The highest BCUT2D eigenvalue weighted by molar-refractivity contribution is 6.21. The van der Waals surface area contributed by atoms with Crippen LogP contribution >= 0.6 is 0 Å². The van der Waals surface area contributed by atoms with Crippen LogP contribution in [0.3, 0.4) is 0 Å². The van der Waals surface area contributed by atoms with Gasteiger partial charge in [-0.05, 0) is 65.2 Å². The molecule has 0 N–H and O–H groups in total. The van der Waals surface area contributed by atoms with Crippen LogP contribution in [0.25, 0.3) is 72.4 Å². The number of nitrogens with zero attached hydrogens (tertiary/aromatic N) is 1. The molecule has 5 aromatic carbocycles. The summed E-state index contributed by atoms with van der Waals surface area (Å²) in [6.07, 6.45) is 6.08. The highest BCUT2D eigenvalue weighted by Gasteiger charge is 2.19. The van der Waals surface area contributed by atoms with Crippen molar-refractivity contribution in [3.63, 3.8) is 0 Å². The van der Waals surface area contributed by atoms with Crippen molar-refractivity contribution >= 4 is 66.7 Å². The summed E-state index contributed by atoms with van der Waals surface area (Å²) < 4.78 is 8.98. The van der Waals surface area contributed by atoms with Crippen molar-refractivity contribution < 1.29 is 4.42 Å². The largest absolute Gasteiger partial charge is 0.454 e. The van der Waals surface area contributed by atoms with Gasteiger partial charge in [-0.3, -0.25) is 0 Å². The maximum atomic E-state index is 6.63. The second kappa shape index (κ2) is 7.48. The van der Waals surface area contributed by atoms with E-state index in [1.165, 1.54) is 27.1 Å². The van der Waals surface area contributed by atoms with Crippen molar-refractivity contribution in [1.29, 1.82) is 0 Å². The number of furan rings is 1. The Morgan fingerprint density at radius 2 is 1.51 bits per heavy atom. The lowest BCUT2D eigenvalue weighted by atomic mass is 10.0. The van der Waals surface area contributed by atoms with Crippen LogP contribution in [-0.2, 0) is 0 Å². The van der Waals surface area contributed by atoms with Gasteiger partial charge in [-0.25, -0.2) is 0 Å². The zero-order chi connectivity index (χ0) is 23.5. The second-order valence-electron chi connectivity index (χ2n) is 9.01. The van der Waals surface area contributed by atoms with Gasteiger partial charge in [-0.15, -0.1) is 0 Å². The Labute approximate surface area is 203 Å². The first-order valence-corrected chi connectivity index (χ1v) is 11.9. The molecule has 2 heterocycles. The highest BCUT2D eigenvalue weighted by atomic mass is 16.3. The summed E-state index contributed by atoms with van der Waals surface area (Å²) in [5.41, 5.74) is 7.41. The lowest BCUT2D eigenvalue weighted by Crippen LogP contribution is -1.94. The third kappa shape index (κ3) is 2.83. The fraction of sp³-hybridized carbons (Fsp3) is 0.0303. The molecule has 7 aromatic rings. The minimum atomic E-state index is 0.881. The van der Waals surface area contributed by atoms with Crippen LogP contribution in [0.15, 0.2) is 108 Å². The molecule has 0 aliphatic carbocycles. The summed E-state index contributed by atoms with van der Waals surface area (Å²) >= 11 is 0. The van der Waals surface area contributed by atoms with Crippen molar-refractivity contribution in [3.05, 3.63) is 115 Å². The predicted molar refractivity (Wildman–Crippen MR) is 150 cm³/mol. The lowest BCUT2D eigenvalue weighted by molar-refractivity contribution is 0.671. The molecule has 0 atom stereocenters. The SMILES string of the molecule is C=Cc1cc2oc3c(ccc4c5ccccc5n(-c5ccc6ccccc6c5)c43)c2cc1/C=C\C.